The minimum atomic E-state index is -0.384. The standard InChI is InChI=1S/C21H35N5O2/c1-15(2)24(5)12-19(28)25-9-6-8-21(13-25)14-26(10-7-18(21)27)20-16(3)11-22-17(4)23-20/h11,15,18,27H,6-10,12-14H2,1-5H3/t18-,21+/m1/s1. The fraction of sp³-hybridized carbons (Fsp3) is 0.762. The van der Waals surface area contributed by atoms with Crippen molar-refractivity contribution in [1.82, 2.24) is 19.8 Å². The number of aromatic nitrogens is 2. The summed E-state index contributed by atoms with van der Waals surface area (Å²) < 4.78 is 0. The molecule has 0 bridgehead atoms. The van der Waals surface area contributed by atoms with Crippen molar-refractivity contribution in [2.75, 3.05) is 44.7 Å². The second-order valence-corrected chi connectivity index (χ2v) is 8.94. The van der Waals surface area contributed by atoms with E-state index in [0.29, 0.717) is 25.6 Å². The summed E-state index contributed by atoms with van der Waals surface area (Å²) in [4.78, 5) is 28.1. The number of rotatable bonds is 4. The number of aliphatic hydroxyl groups excluding tert-OH is 1. The Balaban J connectivity index is 1.77. The number of aryl methyl sites for hydroxylation is 2. The molecule has 3 heterocycles. The molecule has 1 spiro atoms. The Bertz CT molecular complexity index is 710. The fourth-order valence-corrected chi connectivity index (χ4v) is 4.44. The van der Waals surface area contributed by atoms with E-state index in [1.54, 1.807) is 0 Å². The molecule has 0 saturated carbocycles. The number of piperidine rings is 2. The number of amides is 1. The number of nitrogens with zero attached hydrogens (tertiary/aromatic N) is 5. The van der Waals surface area contributed by atoms with E-state index < -0.39 is 0 Å². The third-order valence-corrected chi connectivity index (χ3v) is 6.48. The third-order valence-electron chi connectivity index (χ3n) is 6.48. The number of hydrogen-bond acceptors (Lipinski definition) is 6. The predicted octanol–water partition coefficient (Wildman–Crippen LogP) is 1.61. The Kier molecular flexibility index (Phi) is 6.25. The number of carbonyl (C=O) groups is 1. The summed E-state index contributed by atoms with van der Waals surface area (Å²) in [6, 6.07) is 0.336. The first kappa shape index (κ1) is 21.0. The zero-order chi connectivity index (χ0) is 20.5. The van der Waals surface area contributed by atoms with E-state index in [9.17, 15) is 9.90 Å². The summed E-state index contributed by atoms with van der Waals surface area (Å²) in [6.07, 6.45) is 4.07. The summed E-state index contributed by atoms with van der Waals surface area (Å²) in [5, 5.41) is 10.9. The maximum absolute atomic E-state index is 12.9. The molecule has 1 amide bonds. The van der Waals surface area contributed by atoms with Crippen LogP contribution in [0.5, 0.6) is 0 Å². The molecule has 0 radical (unpaired) electrons. The molecule has 0 unspecified atom stereocenters. The van der Waals surface area contributed by atoms with Gasteiger partial charge in [0, 0.05) is 49.4 Å². The van der Waals surface area contributed by atoms with Gasteiger partial charge in [0.25, 0.3) is 0 Å². The summed E-state index contributed by atoms with van der Waals surface area (Å²) in [6.45, 7) is 11.5. The third kappa shape index (κ3) is 4.30. The lowest BCUT2D eigenvalue weighted by Crippen LogP contribution is -2.60. The van der Waals surface area contributed by atoms with Gasteiger partial charge in [-0.15, -0.1) is 0 Å². The van der Waals surface area contributed by atoms with Crippen molar-refractivity contribution in [3.05, 3.63) is 17.6 Å². The van der Waals surface area contributed by atoms with E-state index in [1.807, 2.05) is 32.0 Å². The van der Waals surface area contributed by atoms with Crippen LogP contribution in [-0.2, 0) is 4.79 Å². The first-order valence-corrected chi connectivity index (χ1v) is 10.4. The molecule has 1 N–H and O–H groups in total. The maximum atomic E-state index is 12.9. The number of aliphatic hydroxyl groups is 1. The molecular weight excluding hydrogens is 354 g/mol. The zero-order valence-corrected chi connectivity index (χ0v) is 18.0. The van der Waals surface area contributed by atoms with Crippen LogP contribution >= 0.6 is 0 Å². The van der Waals surface area contributed by atoms with Crippen molar-refractivity contribution in [2.24, 2.45) is 5.41 Å². The quantitative estimate of drug-likeness (QED) is 0.844. The predicted molar refractivity (Wildman–Crippen MR) is 110 cm³/mol. The number of likely N-dealkylation sites (tertiary alicyclic amines) is 1. The van der Waals surface area contributed by atoms with Crippen molar-refractivity contribution in [2.45, 2.75) is 59.1 Å². The normalized spacial score (nSPS) is 25.8. The van der Waals surface area contributed by atoms with E-state index in [-0.39, 0.29) is 17.4 Å². The van der Waals surface area contributed by atoms with Crippen LogP contribution in [-0.4, -0.2) is 82.7 Å². The van der Waals surface area contributed by atoms with E-state index in [0.717, 1.165) is 49.7 Å². The molecule has 7 nitrogen and oxygen atoms in total. The van der Waals surface area contributed by atoms with Crippen molar-refractivity contribution in [3.8, 4) is 0 Å². The van der Waals surface area contributed by atoms with Crippen molar-refractivity contribution in [3.63, 3.8) is 0 Å². The van der Waals surface area contributed by atoms with Gasteiger partial charge in [0.05, 0.1) is 12.6 Å². The lowest BCUT2D eigenvalue weighted by molar-refractivity contribution is -0.139. The van der Waals surface area contributed by atoms with E-state index in [2.05, 4.69) is 33.6 Å². The Labute approximate surface area is 168 Å². The van der Waals surface area contributed by atoms with Gasteiger partial charge >= 0.3 is 0 Å². The monoisotopic (exact) mass is 389 g/mol. The number of hydrogen-bond donors (Lipinski definition) is 1. The van der Waals surface area contributed by atoms with Gasteiger partial charge in [-0.1, -0.05) is 0 Å². The van der Waals surface area contributed by atoms with Gasteiger partial charge in [-0.25, -0.2) is 9.97 Å². The molecule has 156 valence electrons. The van der Waals surface area contributed by atoms with Gasteiger partial charge < -0.3 is 14.9 Å². The highest BCUT2D eigenvalue weighted by molar-refractivity contribution is 5.78. The fourth-order valence-electron chi connectivity index (χ4n) is 4.44. The second kappa shape index (κ2) is 8.33. The summed E-state index contributed by atoms with van der Waals surface area (Å²) >= 11 is 0. The average Bonchev–Trinajstić information content (AvgIpc) is 2.66. The average molecular weight is 390 g/mol. The molecule has 2 atom stereocenters. The summed E-state index contributed by atoms with van der Waals surface area (Å²) in [5.41, 5.74) is 0.771. The van der Waals surface area contributed by atoms with E-state index >= 15 is 0 Å². The van der Waals surface area contributed by atoms with Gasteiger partial charge in [0.1, 0.15) is 11.6 Å². The molecule has 28 heavy (non-hydrogen) atoms. The highest BCUT2D eigenvalue weighted by Gasteiger charge is 2.46. The first-order valence-electron chi connectivity index (χ1n) is 10.4. The Morgan fingerprint density at radius 3 is 2.82 bits per heavy atom. The van der Waals surface area contributed by atoms with Gasteiger partial charge in [0.2, 0.25) is 5.91 Å². The highest BCUT2D eigenvalue weighted by atomic mass is 16.3. The van der Waals surface area contributed by atoms with Crippen LogP contribution in [0.1, 0.15) is 44.5 Å². The lowest BCUT2D eigenvalue weighted by Gasteiger charge is -2.51. The molecule has 2 saturated heterocycles. The van der Waals surface area contributed by atoms with Gasteiger partial charge in [0.15, 0.2) is 0 Å². The Morgan fingerprint density at radius 2 is 2.11 bits per heavy atom. The largest absolute Gasteiger partial charge is 0.392 e. The SMILES string of the molecule is Cc1ncc(C)c(N2CC[C@@H](O)[C@]3(CCCN(C(=O)CN(C)C(C)C)C3)C2)n1. The van der Waals surface area contributed by atoms with Crippen LogP contribution in [0.3, 0.4) is 0 Å². The zero-order valence-electron chi connectivity index (χ0n) is 18.0. The smallest absolute Gasteiger partial charge is 0.236 e. The Morgan fingerprint density at radius 1 is 1.36 bits per heavy atom. The minimum Gasteiger partial charge on any atom is -0.392 e. The molecule has 0 aromatic carbocycles. The van der Waals surface area contributed by atoms with Crippen LogP contribution in [0.4, 0.5) is 5.82 Å². The minimum absolute atomic E-state index is 0.161. The van der Waals surface area contributed by atoms with Gasteiger partial charge in [-0.3, -0.25) is 9.69 Å². The molecule has 2 aliphatic rings. The molecule has 2 aliphatic heterocycles. The van der Waals surface area contributed by atoms with Crippen molar-refractivity contribution < 1.29 is 9.90 Å². The molecule has 1 aromatic rings. The van der Waals surface area contributed by atoms with E-state index in [1.165, 1.54) is 0 Å². The molecule has 2 fully saturated rings. The number of likely N-dealkylation sites (N-methyl/N-ethyl adjacent to an activating group) is 1. The molecule has 1 aromatic heterocycles. The highest BCUT2D eigenvalue weighted by Crippen LogP contribution is 2.40. The van der Waals surface area contributed by atoms with Crippen LogP contribution in [0.25, 0.3) is 0 Å². The van der Waals surface area contributed by atoms with Crippen molar-refractivity contribution >= 4 is 11.7 Å². The van der Waals surface area contributed by atoms with Crippen LogP contribution in [0.15, 0.2) is 6.20 Å². The van der Waals surface area contributed by atoms with Gasteiger partial charge in [-0.2, -0.15) is 0 Å². The molecule has 3 rings (SSSR count). The topological polar surface area (TPSA) is 72.8 Å². The number of anilines is 1. The molecule has 7 heteroatoms. The summed E-state index contributed by atoms with van der Waals surface area (Å²) in [7, 11) is 1.99. The van der Waals surface area contributed by atoms with Crippen LogP contribution in [0.2, 0.25) is 0 Å². The Hall–Kier alpha value is -1.73. The lowest BCUT2D eigenvalue weighted by atomic mass is 9.71. The number of carbonyl (C=O) groups excluding carboxylic acids is 1. The first-order chi connectivity index (χ1) is 13.2. The van der Waals surface area contributed by atoms with Gasteiger partial charge in [-0.05, 0) is 54.0 Å². The summed E-state index contributed by atoms with van der Waals surface area (Å²) in [5.74, 6) is 1.88. The van der Waals surface area contributed by atoms with E-state index in [4.69, 9.17) is 0 Å². The maximum Gasteiger partial charge on any atom is 0.236 e. The molecule has 0 aliphatic carbocycles. The second-order valence-electron chi connectivity index (χ2n) is 8.94. The molecular formula is C21H35N5O2. The van der Waals surface area contributed by atoms with Crippen molar-refractivity contribution in [1.29, 1.82) is 0 Å². The van der Waals surface area contributed by atoms with Crippen LogP contribution < -0.4 is 4.90 Å². The van der Waals surface area contributed by atoms with Crippen LogP contribution in [0, 0.1) is 19.3 Å².